The molecule has 1 saturated heterocycles. The highest BCUT2D eigenvalue weighted by Gasteiger charge is 2.34. The zero-order valence-electron chi connectivity index (χ0n) is 16.0. The number of rotatable bonds is 2. The molecule has 2 aromatic rings. The molecule has 6 heteroatoms. The first-order valence-electron chi connectivity index (χ1n) is 8.90. The van der Waals surface area contributed by atoms with Crippen LogP contribution in [0.15, 0.2) is 28.8 Å². The molecule has 1 aromatic heterocycles. The Bertz CT molecular complexity index is 792. The Morgan fingerprint density at radius 2 is 1.88 bits per heavy atom. The molecule has 5 nitrogen and oxygen atoms in total. The summed E-state index contributed by atoms with van der Waals surface area (Å²) in [6, 6.07) is 6.54. The first-order valence-corrected chi connectivity index (χ1v) is 8.90. The summed E-state index contributed by atoms with van der Waals surface area (Å²) in [4.78, 5) is 17.3. The minimum absolute atomic E-state index is 0.0338. The van der Waals surface area contributed by atoms with Crippen LogP contribution in [-0.2, 0) is 5.41 Å². The van der Waals surface area contributed by atoms with E-state index in [1.165, 1.54) is 12.1 Å². The van der Waals surface area contributed by atoms with Crippen molar-refractivity contribution >= 4 is 5.91 Å². The highest BCUT2D eigenvalue weighted by Crippen LogP contribution is 2.30. The number of carbonyl (C=O) groups excluding carboxylic acids is 1. The van der Waals surface area contributed by atoms with Crippen molar-refractivity contribution in [3.05, 3.63) is 52.7 Å². The van der Waals surface area contributed by atoms with E-state index in [0.29, 0.717) is 30.1 Å². The van der Waals surface area contributed by atoms with Crippen molar-refractivity contribution in [1.29, 1.82) is 0 Å². The fraction of sp³-hybridized carbons (Fsp3) is 0.500. The maximum atomic E-state index is 13.2. The van der Waals surface area contributed by atoms with E-state index in [9.17, 15) is 9.18 Å². The lowest BCUT2D eigenvalue weighted by molar-refractivity contribution is 0.0542. The number of piperazine rings is 1. The standard InChI is InChI=1S/C20H26FN3O2/c1-13-17(18(22-26-13)20(2,3)4)19(25)24-11-10-23(5)16(12-24)14-6-8-15(21)9-7-14/h6-9,16H,10-12H2,1-5H3. The third-order valence-electron chi connectivity index (χ3n) is 4.98. The summed E-state index contributed by atoms with van der Waals surface area (Å²) in [7, 11) is 2.03. The minimum Gasteiger partial charge on any atom is -0.361 e. The first-order chi connectivity index (χ1) is 12.2. The van der Waals surface area contributed by atoms with Crippen LogP contribution in [0, 0.1) is 12.7 Å². The van der Waals surface area contributed by atoms with Gasteiger partial charge < -0.3 is 9.42 Å². The van der Waals surface area contributed by atoms with E-state index in [0.717, 1.165) is 12.1 Å². The molecule has 1 amide bonds. The molecule has 0 radical (unpaired) electrons. The van der Waals surface area contributed by atoms with Crippen LogP contribution in [0.5, 0.6) is 0 Å². The molecule has 0 N–H and O–H groups in total. The molecule has 3 rings (SSSR count). The Kier molecular flexibility index (Phi) is 4.88. The number of hydrogen-bond donors (Lipinski definition) is 0. The molecule has 26 heavy (non-hydrogen) atoms. The van der Waals surface area contributed by atoms with Crippen LogP contribution in [0.1, 0.15) is 54.2 Å². The average Bonchev–Trinajstić information content (AvgIpc) is 2.97. The quantitative estimate of drug-likeness (QED) is 0.823. The molecule has 1 unspecified atom stereocenters. The van der Waals surface area contributed by atoms with Crippen LogP contribution in [0.3, 0.4) is 0 Å². The minimum atomic E-state index is -0.272. The normalized spacial score (nSPS) is 19.0. The van der Waals surface area contributed by atoms with E-state index in [1.54, 1.807) is 19.1 Å². The van der Waals surface area contributed by atoms with Gasteiger partial charge in [0.25, 0.3) is 5.91 Å². The van der Waals surface area contributed by atoms with E-state index >= 15 is 0 Å². The predicted octanol–water partition coefficient (Wildman–Crippen LogP) is 3.55. The van der Waals surface area contributed by atoms with Crippen molar-refractivity contribution in [2.75, 3.05) is 26.7 Å². The summed E-state index contributed by atoms with van der Waals surface area (Å²) >= 11 is 0. The number of amides is 1. The third kappa shape index (κ3) is 3.51. The van der Waals surface area contributed by atoms with Gasteiger partial charge in [-0.05, 0) is 31.7 Å². The van der Waals surface area contributed by atoms with Crippen LogP contribution in [0.25, 0.3) is 0 Å². The Hall–Kier alpha value is -2.21. The molecule has 2 heterocycles. The van der Waals surface area contributed by atoms with Gasteiger partial charge >= 0.3 is 0 Å². The zero-order valence-corrected chi connectivity index (χ0v) is 16.0. The van der Waals surface area contributed by atoms with E-state index < -0.39 is 0 Å². The SMILES string of the molecule is Cc1onc(C(C)(C)C)c1C(=O)N1CCN(C)C(c2ccc(F)cc2)C1. The Morgan fingerprint density at radius 3 is 2.50 bits per heavy atom. The van der Waals surface area contributed by atoms with Gasteiger partial charge in [-0.25, -0.2) is 4.39 Å². The van der Waals surface area contributed by atoms with Crippen molar-refractivity contribution in [1.82, 2.24) is 15.0 Å². The fourth-order valence-electron chi connectivity index (χ4n) is 3.40. The maximum Gasteiger partial charge on any atom is 0.259 e. The Balaban J connectivity index is 1.87. The maximum absolute atomic E-state index is 13.2. The lowest BCUT2D eigenvalue weighted by Gasteiger charge is -2.40. The molecule has 0 spiro atoms. The lowest BCUT2D eigenvalue weighted by Crippen LogP contribution is -2.49. The van der Waals surface area contributed by atoms with Crippen molar-refractivity contribution in [2.24, 2.45) is 0 Å². The van der Waals surface area contributed by atoms with E-state index in [2.05, 4.69) is 10.1 Å². The van der Waals surface area contributed by atoms with E-state index in [-0.39, 0.29) is 23.2 Å². The summed E-state index contributed by atoms with van der Waals surface area (Å²) in [6.45, 7) is 9.79. The number of aromatic nitrogens is 1. The van der Waals surface area contributed by atoms with Gasteiger partial charge in [0.15, 0.2) is 0 Å². The molecule has 1 fully saturated rings. The molecule has 1 aromatic carbocycles. The Labute approximate surface area is 153 Å². The number of hydrogen-bond acceptors (Lipinski definition) is 4. The molecule has 0 saturated carbocycles. The first kappa shape index (κ1) is 18.6. The topological polar surface area (TPSA) is 49.6 Å². The van der Waals surface area contributed by atoms with Crippen molar-refractivity contribution < 1.29 is 13.7 Å². The van der Waals surface area contributed by atoms with Crippen LogP contribution in [0.4, 0.5) is 4.39 Å². The van der Waals surface area contributed by atoms with Gasteiger partial charge in [-0.3, -0.25) is 9.69 Å². The second-order valence-corrected chi connectivity index (χ2v) is 8.01. The van der Waals surface area contributed by atoms with Gasteiger partial charge in [0.1, 0.15) is 22.8 Å². The third-order valence-corrected chi connectivity index (χ3v) is 4.98. The van der Waals surface area contributed by atoms with Gasteiger partial charge in [0.2, 0.25) is 0 Å². The van der Waals surface area contributed by atoms with Crippen LogP contribution in [-0.4, -0.2) is 47.5 Å². The Morgan fingerprint density at radius 1 is 1.23 bits per heavy atom. The van der Waals surface area contributed by atoms with Gasteiger partial charge in [0.05, 0.1) is 6.04 Å². The molecule has 0 aliphatic carbocycles. The molecule has 1 aliphatic heterocycles. The van der Waals surface area contributed by atoms with Crippen molar-refractivity contribution in [2.45, 2.75) is 39.2 Å². The zero-order chi connectivity index (χ0) is 19.1. The largest absolute Gasteiger partial charge is 0.361 e. The van der Waals surface area contributed by atoms with E-state index in [4.69, 9.17) is 4.52 Å². The number of halogens is 1. The van der Waals surface area contributed by atoms with Gasteiger partial charge in [-0.2, -0.15) is 0 Å². The highest BCUT2D eigenvalue weighted by molar-refractivity contribution is 5.96. The smallest absolute Gasteiger partial charge is 0.259 e. The average molecular weight is 359 g/mol. The van der Waals surface area contributed by atoms with Crippen molar-refractivity contribution in [3.63, 3.8) is 0 Å². The number of benzene rings is 1. The summed E-state index contributed by atoms with van der Waals surface area (Å²) in [5.41, 5.74) is 1.99. The van der Waals surface area contributed by atoms with Crippen LogP contribution in [0.2, 0.25) is 0 Å². The summed E-state index contributed by atoms with van der Waals surface area (Å²) in [5.74, 6) is 0.251. The summed E-state index contributed by atoms with van der Waals surface area (Å²) in [6.07, 6.45) is 0. The lowest BCUT2D eigenvalue weighted by atomic mass is 9.88. The van der Waals surface area contributed by atoms with Crippen LogP contribution < -0.4 is 0 Å². The van der Waals surface area contributed by atoms with Crippen LogP contribution >= 0.6 is 0 Å². The van der Waals surface area contributed by atoms with Gasteiger partial charge in [-0.15, -0.1) is 0 Å². The van der Waals surface area contributed by atoms with E-state index in [1.807, 2.05) is 32.7 Å². The fourth-order valence-corrected chi connectivity index (χ4v) is 3.40. The predicted molar refractivity (Wildman–Crippen MR) is 97.6 cm³/mol. The molecular weight excluding hydrogens is 333 g/mol. The van der Waals surface area contributed by atoms with Gasteiger partial charge in [-0.1, -0.05) is 38.1 Å². The molecule has 0 bridgehead atoms. The number of aryl methyl sites for hydroxylation is 1. The summed E-state index contributed by atoms with van der Waals surface area (Å²) < 4.78 is 18.6. The molecular formula is C20H26FN3O2. The monoisotopic (exact) mass is 359 g/mol. The summed E-state index contributed by atoms with van der Waals surface area (Å²) in [5, 5.41) is 4.13. The molecule has 1 aliphatic rings. The second kappa shape index (κ2) is 6.83. The number of likely N-dealkylation sites (N-methyl/N-ethyl adjacent to an activating group) is 1. The van der Waals surface area contributed by atoms with Crippen molar-refractivity contribution in [3.8, 4) is 0 Å². The molecule has 140 valence electrons. The number of nitrogens with zero attached hydrogens (tertiary/aromatic N) is 3. The highest BCUT2D eigenvalue weighted by atomic mass is 19.1. The second-order valence-electron chi connectivity index (χ2n) is 8.01. The number of carbonyl (C=O) groups is 1. The molecule has 1 atom stereocenters. The van der Waals surface area contributed by atoms with Gasteiger partial charge in [0, 0.05) is 25.0 Å².